The maximum Gasteiger partial charge on any atom is 0.320 e. The molecule has 0 unspecified atom stereocenters. The van der Waals surface area contributed by atoms with Crippen molar-refractivity contribution in [2.45, 2.75) is 26.3 Å². The third kappa shape index (κ3) is 4.30. The van der Waals surface area contributed by atoms with Gasteiger partial charge in [-0.15, -0.1) is 0 Å². The summed E-state index contributed by atoms with van der Waals surface area (Å²) < 4.78 is 0. The molecule has 1 aliphatic carbocycles. The van der Waals surface area contributed by atoms with E-state index < -0.39 is 12.0 Å². The van der Waals surface area contributed by atoms with Gasteiger partial charge >= 0.3 is 5.97 Å². The van der Waals surface area contributed by atoms with Crippen LogP contribution < -0.4 is 5.32 Å². The second-order valence-corrected chi connectivity index (χ2v) is 4.36. The van der Waals surface area contributed by atoms with Gasteiger partial charge in [-0.3, -0.25) is 4.79 Å². The van der Waals surface area contributed by atoms with E-state index in [9.17, 15) is 4.79 Å². The van der Waals surface area contributed by atoms with Crippen molar-refractivity contribution < 1.29 is 9.90 Å². The summed E-state index contributed by atoms with van der Waals surface area (Å²) in [7, 11) is 0. The molecule has 0 spiro atoms. The van der Waals surface area contributed by atoms with Gasteiger partial charge in [0.15, 0.2) is 0 Å². The minimum atomic E-state index is -0.755. The van der Waals surface area contributed by atoms with Crippen LogP contribution in [0.2, 0.25) is 0 Å². The number of allylic oxidation sites excluding steroid dienone is 2. The molecule has 0 radical (unpaired) electrons. The highest BCUT2D eigenvalue weighted by Crippen LogP contribution is 2.09. The second-order valence-electron chi connectivity index (χ2n) is 4.36. The van der Waals surface area contributed by atoms with E-state index >= 15 is 0 Å². The van der Waals surface area contributed by atoms with Crippen LogP contribution in [0.1, 0.15) is 20.3 Å². The molecule has 0 aromatic carbocycles. The van der Waals surface area contributed by atoms with E-state index in [0.717, 1.165) is 0 Å². The lowest BCUT2D eigenvalue weighted by Crippen LogP contribution is -2.39. The van der Waals surface area contributed by atoms with Gasteiger partial charge in [-0.1, -0.05) is 38.2 Å². The van der Waals surface area contributed by atoms with Crippen LogP contribution in [0.4, 0.5) is 0 Å². The van der Waals surface area contributed by atoms with Gasteiger partial charge in [0.1, 0.15) is 6.04 Å². The zero-order valence-corrected chi connectivity index (χ0v) is 9.31. The fourth-order valence-electron chi connectivity index (χ4n) is 1.64. The number of aliphatic carboxylic acids is 1. The first-order chi connectivity index (χ1) is 7.09. The molecular weight excluding hydrogens is 190 g/mol. The quantitative estimate of drug-likeness (QED) is 0.701. The van der Waals surface area contributed by atoms with Gasteiger partial charge in [-0.2, -0.15) is 0 Å². The number of rotatable bonds is 6. The van der Waals surface area contributed by atoms with Crippen LogP contribution in [0.5, 0.6) is 0 Å². The van der Waals surface area contributed by atoms with E-state index in [0.29, 0.717) is 24.8 Å². The van der Waals surface area contributed by atoms with E-state index in [2.05, 4.69) is 17.5 Å². The monoisotopic (exact) mass is 209 g/mol. The van der Waals surface area contributed by atoms with E-state index in [1.165, 1.54) is 0 Å². The van der Waals surface area contributed by atoms with Gasteiger partial charge in [-0.25, -0.2) is 0 Å². The van der Waals surface area contributed by atoms with Gasteiger partial charge < -0.3 is 10.4 Å². The maximum absolute atomic E-state index is 10.9. The molecule has 3 nitrogen and oxygen atoms in total. The molecule has 1 atom stereocenters. The van der Waals surface area contributed by atoms with Crippen LogP contribution >= 0.6 is 0 Å². The van der Waals surface area contributed by atoms with Crippen LogP contribution in [-0.4, -0.2) is 23.7 Å². The highest BCUT2D eigenvalue weighted by molar-refractivity contribution is 5.73. The van der Waals surface area contributed by atoms with Crippen molar-refractivity contribution in [2.75, 3.05) is 6.54 Å². The summed E-state index contributed by atoms with van der Waals surface area (Å²) in [6.45, 7) is 4.77. The Labute approximate surface area is 90.9 Å². The first-order valence-electron chi connectivity index (χ1n) is 5.40. The molecule has 0 aliphatic heterocycles. The summed E-state index contributed by atoms with van der Waals surface area (Å²) in [5, 5.41) is 12.1. The molecule has 0 heterocycles. The molecular formula is C12H19NO2. The standard InChI is InChI=1S/C12H19NO2/c1-9(2)7-11(12(14)15)13-8-10-5-3-4-6-10/h3-6,9-11,13H,7-8H2,1-2H3,(H,14,15)/t11-/m0/s1. The third-order valence-corrected chi connectivity index (χ3v) is 2.43. The van der Waals surface area contributed by atoms with Crippen molar-refractivity contribution in [3.8, 4) is 0 Å². The highest BCUT2D eigenvalue weighted by atomic mass is 16.4. The SMILES string of the molecule is CC(C)C[C@H](NCC1C=CC=C1)C(=O)O. The molecule has 3 heteroatoms. The van der Waals surface area contributed by atoms with Crippen molar-refractivity contribution in [3.05, 3.63) is 24.3 Å². The lowest BCUT2D eigenvalue weighted by Gasteiger charge is -2.17. The first kappa shape index (κ1) is 12.0. The predicted molar refractivity (Wildman–Crippen MR) is 60.7 cm³/mol. The van der Waals surface area contributed by atoms with E-state index in [1.54, 1.807) is 0 Å². The largest absolute Gasteiger partial charge is 0.480 e. The van der Waals surface area contributed by atoms with Crippen LogP contribution in [0.25, 0.3) is 0 Å². The summed E-state index contributed by atoms with van der Waals surface area (Å²) in [4.78, 5) is 10.9. The van der Waals surface area contributed by atoms with Crippen molar-refractivity contribution in [3.63, 3.8) is 0 Å². The normalized spacial score (nSPS) is 17.5. The number of hydrogen-bond donors (Lipinski definition) is 2. The fourth-order valence-corrected chi connectivity index (χ4v) is 1.64. The minimum absolute atomic E-state index is 0.346. The molecule has 1 aliphatic rings. The minimum Gasteiger partial charge on any atom is -0.480 e. The summed E-state index contributed by atoms with van der Waals surface area (Å²) in [6.07, 6.45) is 8.80. The van der Waals surface area contributed by atoms with E-state index in [4.69, 9.17) is 5.11 Å². The number of carbonyl (C=O) groups is 1. The summed E-state index contributed by atoms with van der Waals surface area (Å²) in [6, 6.07) is -0.424. The Hall–Kier alpha value is -1.09. The smallest absolute Gasteiger partial charge is 0.320 e. The molecule has 0 aromatic heterocycles. The van der Waals surface area contributed by atoms with Gasteiger partial charge in [0.2, 0.25) is 0 Å². The molecule has 1 rings (SSSR count). The fraction of sp³-hybridized carbons (Fsp3) is 0.583. The molecule has 0 bridgehead atoms. The third-order valence-electron chi connectivity index (χ3n) is 2.43. The lowest BCUT2D eigenvalue weighted by atomic mass is 10.0. The molecule has 84 valence electrons. The van der Waals surface area contributed by atoms with Crippen LogP contribution in [-0.2, 0) is 4.79 Å². The zero-order chi connectivity index (χ0) is 11.3. The van der Waals surface area contributed by atoms with Crippen LogP contribution in [0.3, 0.4) is 0 Å². The number of carboxylic acid groups (broad SMARTS) is 1. The second kappa shape index (κ2) is 5.71. The Morgan fingerprint density at radius 2 is 2.00 bits per heavy atom. The number of nitrogens with one attached hydrogen (secondary N) is 1. The number of hydrogen-bond acceptors (Lipinski definition) is 2. The lowest BCUT2D eigenvalue weighted by molar-refractivity contribution is -0.139. The Kier molecular flexibility index (Phi) is 4.56. The Morgan fingerprint density at radius 1 is 1.40 bits per heavy atom. The zero-order valence-electron chi connectivity index (χ0n) is 9.31. The summed E-state index contributed by atoms with van der Waals surface area (Å²) >= 11 is 0. The average molecular weight is 209 g/mol. The molecule has 0 saturated carbocycles. The Bertz CT molecular complexity index is 257. The highest BCUT2D eigenvalue weighted by Gasteiger charge is 2.18. The summed E-state index contributed by atoms with van der Waals surface area (Å²) in [5.41, 5.74) is 0. The molecule has 0 aromatic rings. The van der Waals surface area contributed by atoms with E-state index in [1.807, 2.05) is 26.0 Å². The predicted octanol–water partition coefficient (Wildman–Crippen LogP) is 1.82. The van der Waals surface area contributed by atoms with Crippen molar-refractivity contribution in [2.24, 2.45) is 11.8 Å². The van der Waals surface area contributed by atoms with Gasteiger partial charge in [-0.05, 0) is 12.3 Å². The Balaban J connectivity index is 2.34. The molecule has 15 heavy (non-hydrogen) atoms. The summed E-state index contributed by atoms with van der Waals surface area (Å²) in [5.74, 6) is -0.0121. The van der Waals surface area contributed by atoms with Crippen molar-refractivity contribution in [1.29, 1.82) is 0 Å². The molecule has 0 saturated heterocycles. The molecule has 0 fully saturated rings. The number of carboxylic acids is 1. The molecule has 2 N–H and O–H groups in total. The van der Waals surface area contributed by atoms with Gasteiger partial charge in [0.05, 0.1) is 0 Å². The van der Waals surface area contributed by atoms with Crippen LogP contribution in [0, 0.1) is 11.8 Å². The average Bonchev–Trinajstić information content (AvgIpc) is 2.63. The Morgan fingerprint density at radius 3 is 2.47 bits per heavy atom. The van der Waals surface area contributed by atoms with Crippen LogP contribution in [0.15, 0.2) is 24.3 Å². The van der Waals surface area contributed by atoms with E-state index in [-0.39, 0.29) is 0 Å². The topological polar surface area (TPSA) is 49.3 Å². The first-order valence-corrected chi connectivity index (χ1v) is 5.40. The van der Waals surface area contributed by atoms with Crippen molar-refractivity contribution >= 4 is 5.97 Å². The van der Waals surface area contributed by atoms with Crippen molar-refractivity contribution in [1.82, 2.24) is 5.32 Å². The molecule has 0 amide bonds. The van der Waals surface area contributed by atoms with Gasteiger partial charge in [0.25, 0.3) is 0 Å². The van der Waals surface area contributed by atoms with Gasteiger partial charge in [0, 0.05) is 12.5 Å². The maximum atomic E-state index is 10.9.